The van der Waals surface area contributed by atoms with Crippen molar-refractivity contribution in [2.24, 2.45) is 0 Å². The summed E-state index contributed by atoms with van der Waals surface area (Å²) in [6, 6.07) is 8.17. The van der Waals surface area contributed by atoms with Crippen molar-refractivity contribution in [1.82, 2.24) is 9.88 Å². The van der Waals surface area contributed by atoms with Crippen LogP contribution in [0.2, 0.25) is 0 Å². The third-order valence-corrected chi connectivity index (χ3v) is 6.21. The number of halogens is 1. The summed E-state index contributed by atoms with van der Waals surface area (Å²) in [5.74, 6) is -0.782. The van der Waals surface area contributed by atoms with Crippen LogP contribution in [0.3, 0.4) is 0 Å². The summed E-state index contributed by atoms with van der Waals surface area (Å²) in [7, 11) is 1.58. The van der Waals surface area contributed by atoms with E-state index < -0.39 is 34.2 Å². The molecule has 5 rings (SSSR count). The number of anilines is 1. The van der Waals surface area contributed by atoms with Gasteiger partial charge in [-0.15, -0.1) is 0 Å². The first-order valence-corrected chi connectivity index (χ1v) is 9.65. The molecule has 2 aromatic carbocycles. The summed E-state index contributed by atoms with van der Waals surface area (Å²) in [4.78, 5) is 32.5. The van der Waals surface area contributed by atoms with Gasteiger partial charge in [-0.25, -0.2) is 19.3 Å². The number of H-pyrrole nitrogens is 1. The second-order valence-electron chi connectivity index (χ2n) is 7.76. The van der Waals surface area contributed by atoms with Crippen LogP contribution in [0.25, 0.3) is 10.9 Å². The number of imide groups is 1. The summed E-state index contributed by atoms with van der Waals surface area (Å²) >= 11 is 0. The highest BCUT2D eigenvalue weighted by Crippen LogP contribution is 2.45. The Bertz CT molecular complexity index is 1260. The number of fused-ring (bicyclic) bond motifs is 5. The Labute approximate surface area is 175 Å². The van der Waals surface area contributed by atoms with Gasteiger partial charge in [0, 0.05) is 23.5 Å². The number of rotatable bonds is 3. The van der Waals surface area contributed by atoms with Crippen molar-refractivity contribution in [2.75, 3.05) is 18.6 Å². The first-order chi connectivity index (χ1) is 14.8. The molecule has 2 atom stereocenters. The van der Waals surface area contributed by atoms with Crippen LogP contribution in [-0.2, 0) is 16.8 Å². The van der Waals surface area contributed by atoms with Gasteiger partial charge in [0.2, 0.25) is 5.69 Å². The summed E-state index contributed by atoms with van der Waals surface area (Å²) in [6.07, 6.45) is 0.536. The van der Waals surface area contributed by atoms with Gasteiger partial charge >= 0.3 is 6.03 Å². The number of ether oxygens (including phenoxy) is 1. The van der Waals surface area contributed by atoms with E-state index in [0.29, 0.717) is 24.4 Å². The summed E-state index contributed by atoms with van der Waals surface area (Å²) in [6.45, 7) is 1.97. The quantitative estimate of drug-likeness (QED) is 0.438. The molecule has 2 aliphatic heterocycles. The molecular formula is C21H19FN4O5. The molecule has 3 aromatic rings. The fourth-order valence-electron chi connectivity index (χ4n) is 4.59. The Kier molecular flexibility index (Phi) is 4.09. The number of aromatic nitrogens is 1. The average molecular weight is 426 g/mol. The molecule has 0 radical (unpaired) electrons. The maximum Gasteiger partial charge on any atom is 0.332 e. The molecule has 1 unspecified atom stereocenters. The van der Waals surface area contributed by atoms with E-state index in [1.54, 1.807) is 14.0 Å². The van der Waals surface area contributed by atoms with Gasteiger partial charge in [0.15, 0.2) is 11.4 Å². The van der Waals surface area contributed by atoms with Gasteiger partial charge in [-0.1, -0.05) is 0 Å². The van der Waals surface area contributed by atoms with Crippen LogP contribution in [-0.4, -0.2) is 40.7 Å². The zero-order chi connectivity index (χ0) is 22.1. The van der Waals surface area contributed by atoms with Gasteiger partial charge < -0.3 is 19.8 Å². The van der Waals surface area contributed by atoms with Crippen LogP contribution in [0.1, 0.15) is 18.2 Å². The topological polar surface area (TPSA) is 113 Å². The van der Waals surface area contributed by atoms with Crippen LogP contribution in [0.5, 0.6) is 5.75 Å². The van der Waals surface area contributed by atoms with E-state index in [1.165, 1.54) is 11.0 Å². The number of hydrogen-bond donors (Lipinski definition) is 3. The van der Waals surface area contributed by atoms with Crippen molar-refractivity contribution in [1.29, 1.82) is 0 Å². The minimum absolute atomic E-state index is 0.0174. The molecule has 3 heterocycles. The second kappa shape index (κ2) is 6.51. The zero-order valence-corrected chi connectivity index (χ0v) is 16.7. The second-order valence-corrected chi connectivity index (χ2v) is 7.76. The lowest BCUT2D eigenvalue weighted by Crippen LogP contribution is -2.99. The van der Waals surface area contributed by atoms with Crippen LogP contribution in [0.15, 0.2) is 36.4 Å². The third kappa shape index (κ3) is 2.52. The number of carbonyl (C=O) groups is 2. The molecule has 1 aromatic heterocycles. The van der Waals surface area contributed by atoms with E-state index >= 15 is 0 Å². The normalized spacial score (nSPS) is 21.5. The fraction of sp³-hybridized carbons (Fsp3) is 0.238. The monoisotopic (exact) mass is 426 g/mol. The lowest BCUT2D eigenvalue weighted by atomic mass is 9.87. The number of nitrogens with zero attached hydrogens (tertiary/aromatic N) is 2. The molecule has 9 nitrogen and oxygen atoms in total. The van der Waals surface area contributed by atoms with E-state index in [9.17, 15) is 24.4 Å². The number of quaternary nitrogens is 1. The third-order valence-electron chi connectivity index (χ3n) is 6.21. The minimum Gasteiger partial charge on any atom is -0.595 e. The van der Waals surface area contributed by atoms with Gasteiger partial charge in [0.1, 0.15) is 5.75 Å². The van der Waals surface area contributed by atoms with Gasteiger partial charge in [-0.3, -0.25) is 4.79 Å². The zero-order valence-electron chi connectivity index (χ0n) is 16.7. The Balaban J connectivity index is 1.65. The van der Waals surface area contributed by atoms with Crippen LogP contribution in [0, 0.1) is 11.0 Å². The number of methoxy groups -OCH3 is 1. The molecule has 1 fully saturated rings. The fourth-order valence-corrected chi connectivity index (χ4v) is 4.59. The van der Waals surface area contributed by atoms with Crippen molar-refractivity contribution in [3.8, 4) is 5.75 Å². The van der Waals surface area contributed by atoms with Crippen molar-refractivity contribution in [2.45, 2.75) is 18.9 Å². The Hall–Kier alpha value is -3.47. The molecule has 3 amide bonds. The standard InChI is InChI=1S/C21H19FN4O5/c1-21-18-13(14-10-12(31-2)4-6-16(14)23-18)7-8-24(21)20(28)25(19(21)27)11-3-5-15(22)17(9-11)26(29)30/h3-6,9-10,23,26,29H,7-8H2,1-2H3/t21-/m0/s1. The minimum atomic E-state index is -1.48. The summed E-state index contributed by atoms with van der Waals surface area (Å²) < 4.78 is 19.2. The van der Waals surface area contributed by atoms with E-state index in [-0.39, 0.29) is 5.69 Å². The highest BCUT2D eigenvalue weighted by Gasteiger charge is 2.59. The number of nitrogens with one attached hydrogen (secondary N) is 2. The van der Waals surface area contributed by atoms with Crippen LogP contribution < -0.4 is 14.9 Å². The average Bonchev–Trinajstić information content (AvgIpc) is 3.22. The molecule has 0 aliphatic carbocycles. The highest BCUT2D eigenvalue weighted by atomic mass is 19.1. The molecule has 1 saturated heterocycles. The number of benzene rings is 2. The number of amides is 3. The molecule has 160 valence electrons. The van der Waals surface area contributed by atoms with E-state index in [4.69, 9.17) is 4.74 Å². The maximum atomic E-state index is 13.9. The van der Waals surface area contributed by atoms with E-state index in [2.05, 4.69) is 4.98 Å². The number of aromatic amines is 1. The van der Waals surface area contributed by atoms with E-state index in [1.807, 2.05) is 18.2 Å². The SMILES string of the molecule is COc1ccc2[nH]c3c(c2c1)CCN1C(=O)N(c2ccc(F)c([NH+]([O-])O)c2)C(=O)[C@]31C. The largest absolute Gasteiger partial charge is 0.595 e. The van der Waals surface area contributed by atoms with Crippen LogP contribution >= 0.6 is 0 Å². The molecule has 10 heteroatoms. The number of hydrogen-bond acceptors (Lipinski definition) is 5. The predicted octanol–water partition coefficient (Wildman–Crippen LogP) is 1.96. The van der Waals surface area contributed by atoms with Gasteiger partial charge in [-0.05, 0) is 49.2 Å². The molecule has 0 saturated carbocycles. The van der Waals surface area contributed by atoms with Gasteiger partial charge in [0.05, 0.1) is 18.5 Å². The number of carbonyl (C=O) groups excluding carboxylic acids is 2. The molecule has 3 N–H and O–H groups in total. The smallest absolute Gasteiger partial charge is 0.332 e. The molecule has 0 bridgehead atoms. The Morgan fingerprint density at radius 2 is 2.03 bits per heavy atom. The molecule has 0 spiro atoms. The van der Waals surface area contributed by atoms with E-state index in [0.717, 1.165) is 33.5 Å². The van der Waals surface area contributed by atoms with Crippen molar-refractivity contribution < 1.29 is 29.2 Å². The Morgan fingerprint density at radius 3 is 2.74 bits per heavy atom. The number of urea groups is 1. The van der Waals surface area contributed by atoms with Crippen molar-refractivity contribution in [3.05, 3.63) is 58.7 Å². The first kappa shape index (κ1) is 19.5. The summed E-state index contributed by atoms with van der Waals surface area (Å²) in [5.41, 5.74) is 0.483. The Morgan fingerprint density at radius 1 is 1.26 bits per heavy atom. The van der Waals surface area contributed by atoms with Crippen molar-refractivity contribution in [3.63, 3.8) is 0 Å². The van der Waals surface area contributed by atoms with Crippen LogP contribution in [0.4, 0.5) is 20.6 Å². The first-order valence-electron chi connectivity index (χ1n) is 9.65. The highest BCUT2D eigenvalue weighted by molar-refractivity contribution is 6.23. The predicted molar refractivity (Wildman–Crippen MR) is 108 cm³/mol. The maximum absolute atomic E-state index is 13.9. The van der Waals surface area contributed by atoms with Crippen molar-refractivity contribution >= 4 is 34.2 Å². The summed E-state index contributed by atoms with van der Waals surface area (Å²) in [5, 5.41) is 20.0. The molecular weight excluding hydrogens is 407 g/mol. The molecule has 31 heavy (non-hydrogen) atoms. The van der Waals surface area contributed by atoms with Gasteiger partial charge in [0.25, 0.3) is 5.91 Å². The molecule has 2 aliphatic rings. The lowest BCUT2D eigenvalue weighted by molar-refractivity contribution is -0.992. The lowest BCUT2D eigenvalue weighted by Gasteiger charge is -2.35. The van der Waals surface area contributed by atoms with Gasteiger partial charge in [-0.2, -0.15) is 5.23 Å².